The van der Waals surface area contributed by atoms with Crippen LogP contribution >= 0.6 is 0 Å². The van der Waals surface area contributed by atoms with Gasteiger partial charge in [0, 0.05) is 18.5 Å². The van der Waals surface area contributed by atoms with E-state index in [1.165, 1.54) is 17.0 Å². The molecule has 0 spiro atoms. The topological polar surface area (TPSA) is 53.7 Å². The van der Waals surface area contributed by atoms with Crippen molar-refractivity contribution in [3.63, 3.8) is 0 Å². The number of halogens is 3. The van der Waals surface area contributed by atoms with Gasteiger partial charge in [-0.05, 0) is 36.4 Å². The van der Waals surface area contributed by atoms with Gasteiger partial charge in [0.1, 0.15) is 17.3 Å². The van der Waals surface area contributed by atoms with Crippen LogP contribution in [0, 0.1) is 11.7 Å². The minimum absolute atomic E-state index is 0.0531. The third kappa shape index (κ3) is 3.79. The van der Waals surface area contributed by atoms with Crippen molar-refractivity contribution < 1.29 is 27.5 Å². The molecule has 1 N–H and O–H groups in total. The highest BCUT2D eigenvalue weighted by Gasteiger charge is 2.43. The Hall–Kier alpha value is -2.28. The molecule has 3 rings (SSSR count). The minimum Gasteiger partial charge on any atom is -0.481 e. The van der Waals surface area contributed by atoms with E-state index >= 15 is 0 Å². The first-order chi connectivity index (χ1) is 11.3. The standard InChI is InChI=1S/C17H16F3NO3/c18-13-3-1-11(2-4-13)15-6-5-14(24-15)9-21-8-12(16(22)23)7-17(19,20)10-21/h1-6,12H,7-10H2,(H,22,23). The summed E-state index contributed by atoms with van der Waals surface area (Å²) >= 11 is 0. The third-order valence-electron chi connectivity index (χ3n) is 4.00. The summed E-state index contributed by atoms with van der Waals surface area (Å²) in [6, 6.07) is 9.07. The largest absolute Gasteiger partial charge is 0.481 e. The summed E-state index contributed by atoms with van der Waals surface area (Å²) in [7, 11) is 0. The van der Waals surface area contributed by atoms with Gasteiger partial charge in [0.25, 0.3) is 5.92 Å². The molecule has 1 aliphatic heterocycles. The number of nitrogens with zero attached hydrogens (tertiary/aromatic N) is 1. The second kappa shape index (κ2) is 6.32. The molecule has 2 aromatic rings. The zero-order valence-electron chi connectivity index (χ0n) is 12.7. The summed E-state index contributed by atoms with van der Waals surface area (Å²) in [5.74, 6) is -4.75. The number of carboxylic acids is 1. The van der Waals surface area contributed by atoms with E-state index in [1.807, 2.05) is 0 Å². The number of alkyl halides is 2. The van der Waals surface area contributed by atoms with Crippen LogP contribution in [0.3, 0.4) is 0 Å². The van der Waals surface area contributed by atoms with Crippen LogP contribution in [0.1, 0.15) is 12.2 Å². The number of furan rings is 1. The fourth-order valence-corrected chi connectivity index (χ4v) is 2.93. The van der Waals surface area contributed by atoms with Crippen molar-refractivity contribution in [2.24, 2.45) is 5.92 Å². The first kappa shape index (κ1) is 16.6. The number of aliphatic carboxylic acids is 1. The molecule has 0 amide bonds. The summed E-state index contributed by atoms with van der Waals surface area (Å²) in [4.78, 5) is 12.4. The number of likely N-dealkylation sites (tertiary alicyclic amines) is 1. The monoisotopic (exact) mass is 339 g/mol. The van der Waals surface area contributed by atoms with Crippen LogP contribution in [0.15, 0.2) is 40.8 Å². The average molecular weight is 339 g/mol. The van der Waals surface area contributed by atoms with Crippen LogP contribution in [0.25, 0.3) is 11.3 Å². The maximum absolute atomic E-state index is 13.7. The molecule has 24 heavy (non-hydrogen) atoms. The summed E-state index contributed by atoms with van der Waals surface area (Å²) in [5.41, 5.74) is 0.676. The predicted molar refractivity (Wildman–Crippen MR) is 80.1 cm³/mol. The number of rotatable bonds is 4. The lowest BCUT2D eigenvalue weighted by Gasteiger charge is -2.35. The molecule has 1 atom stereocenters. The number of carbonyl (C=O) groups is 1. The molecule has 1 saturated heterocycles. The molecule has 2 heterocycles. The number of hydrogen-bond donors (Lipinski definition) is 1. The quantitative estimate of drug-likeness (QED) is 0.924. The first-order valence-electron chi connectivity index (χ1n) is 7.50. The van der Waals surface area contributed by atoms with Gasteiger partial charge in [-0.3, -0.25) is 9.69 Å². The smallest absolute Gasteiger partial charge is 0.308 e. The molecular weight excluding hydrogens is 323 g/mol. The van der Waals surface area contributed by atoms with Crippen molar-refractivity contribution in [3.05, 3.63) is 48.0 Å². The zero-order valence-corrected chi connectivity index (χ0v) is 12.7. The molecule has 7 heteroatoms. The summed E-state index contributed by atoms with van der Waals surface area (Å²) in [6.45, 7) is -0.346. The molecule has 128 valence electrons. The Kier molecular flexibility index (Phi) is 4.36. The van der Waals surface area contributed by atoms with E-state index in [0.29, 0.717) is 17.1 Å². The second-order valence-corrected chi connectivity index (χ2v) is 6.04. The van der Waals surface area contributed by atoms with Crippen molar-refractivity contribution in [1.29, 1.82) is 0 Å². The van der Waals surface area contributed by atoms with Gasteiger partial charge in [0.15, 0.2) is 0 Å². The first-order valence-corrected chi connectivity index (χ1v) is 7.50. The molecule has 0 saturated carbocycles. The molecule has 1 aromatic heterocycles. The Morgan fingerprint density at radius 3 is 2.62 bits per heavy atom. The molecule has 1 aromatic carbocycles. The molecule has 4 nitrogen and oxygen atoms in total. The molecule has 1 unspecified atom stereocenters. The zero-order chi connectivity index (χ0) is 17.3. The Bertz CT molecular complexity index is 727. The van der Waals surface area contributed by atoms with E-state index in [-0.39, 0.29) is 18.9 Å². The van der Waals surface area contributed by atoms with Gasteiger partial charge < -0.3 is 9.52 Å². The molecule has 1 aliphatic rings. The normalized spacial score (nSPS) is 20.9. The Morgan fingerprint density at radius 2 is 1.96 bits per heavy atom. The Balaban J connectivity index is 1.72. The van der Waals surface area contributed by atoms with Crippen molar-refractivity contribution in [3.8, 4) is 11.3 Å². The van der Waals surface area contributed by atoms with Gasteiger partial charge in [0.2, 0.25) is 0 Å². The van der Waals surface area contributed by atoms with E-state index in [4.69, 9.17) is 9.52 Å². The molecular formula is C17H16F3NO3. The van der Waals surface area contributed by atoms with Crippen LogP contribution in [0.4, 0.5) is 13.2 Å². The van der Waals surface area contributed by atoms with Gasteiger partial charge in [-0.2, -0.15) is 0 Å². The highest BCUT2D eigenvalue weighted by Crippen LogP contribution is 2.32. The van der Waals surface area contributed by atoms with Gasteiger partial charge >= 0.3 is 5.97 Å². The molecule has 0 aliphatic carbocycles. The van der Waals surface area contributed by atoms with Crippen molar-refractivity contribution in [2.75, 3.05) is 13.1 Å². The minimum atomic E-state index is -3.03. The third-order valence-corrected chi connectivity index (χ3v) is 4.00. The van der Waals surface area contributed by atoms with Gasteiger partial charge in [-0.1, -0.05) is 0 Å². The van der Waals surface area contributed by atoms with Crippen LogP contribution < -0.4 is 0 Å². The number of carboxylic acid groups (broad SMARTS) is 1. The lowest BCUT2D eigenvalue weighted by atomic mass is 9.95. The SMILES string of the molecule is O=C(O)C1CN(Cc2ccc(-c3ccc(F)cc3)o2)CC(F)(F)C1. The van der Waals surface area contributed by atoms with Crippen molar-refractivity contribution in [1.82, 2.24) is 4.90 Å². The van der Waals surface area contributed by atoms with E-state index < -0.39 is 30.8 Å². The fraction of sp³-hybridized carbons (Fsp3) is 0.353. The predicted octanol–water partition coefficient (Wildman–Crippen LogP) is 3.63. The van der Waals surface area contributed by atoms with E-state index in [2.05, 4.69) is 0 Å². The van der Waals surface area contributed by atoms with E-state index in [1.54, 1.807) is 24.3 Å². The lowest BCUT2D eigenvalue weighted by Crippen LogP contribution is -2.48. The van der Waals surface area contributed by atoms with Crippen molar-refractivity contribution >= 4 is 5.97 Å². The lowest BCUT2D eigenvalue weighted by molar-refractivity contribution is -0.153. The highest BCUT2D eigenvalue weighted by atomic mass is 19.3. The average Bonchev–Trinajstić information content (AvgIpc) is 2.94. The Morgan fingerprint density at radius 1 is 1.25 bits per heavy atom. The van der Waals surface area contributed by atoms with E-state index in [0.717, 1.165) is 0 Å². The van der Waals surface area contributed by atoms with Gasteiger partial charge in [-0.25, -0.2) is 13.2 Å². The summed E-state index contributed by atoms with van der Waals surface area (Å²) in [5, 5.41) is 9.02. The summed E-state index contributed by atoms with van der Waals surface area (Å²) < 4.78 is 46.0. The highest BCUT2D eigenvalue weighted by molar-refractivity contribution is 5.70. The van der Waals surface area contributed by atoms with Crippen LogP contribution in [-0.2, 0) is 11.3 Å². The maximum Gasteiger partial charge on any atom is 0.308 e. The van der Waals surface area contributed by atoms with E-state index in [9.17, 15) is 18.0 Å². The van der Waals surface area contributed by atoms with Gasteiger partial charge in [0.05, 0.1) is 19.0 Å². The number of benzene rings is 1. The second-order valence-electron chi connectivity index (χ2n) is 6.04. The van der Waals surface area contributed by atoms with Crippen molar-refractivity contribution in [2.45, 2.75) is 18.9 Å². The van der Waals surface area contributed by atoms with Crippen LogP contribution in [0.2, 0.25) is 0 Å². The molecule has 0 bridgehead atoms. The fourth-order valence-electron chi connectivity index (χ4n) is 2.93. The van der Waals surface area contributed by atoms with Crippen LogP contribution in [0.5, 0.6) is 0 Å². The molecule has 0 radical (unpaired) electrons. The maximum atomic E-state index is 13.7. The van der Waals surface area contributed by atoms with Gasteiger partial charge in [-0.15, -0.1) is 0 Å². The number of hydrogen-bond acceptors (Lipinski definition) is 3. The van der Waals surface area contributed by atoms with Crippen LogP contribution in [-0.4, -0.2) is 35.0 Å². The summed E-state index contributed by atoms with van der Waals surface area (Å²) in [6.07, 6.45) is -0.641. The number of piperidine rings is 1. The molecule has 1 fully saturated rings. The Labute approximate surface area is 136 Å².